The van der Waals surface area contributed by atoms with E-state index in [0.29, 0.717) is 36.8 Å². The van der Waals surface area contributed by atoms with Gasteiger partial charge in [0, 0.05) is 43.8 Å². The standard InChI is InChI=1S/C19H20F3N3O5S/c1-29-17-13(8-12(20)15(21)16(17)22)30-11-4-6-25(7-5-11)19(28)24-18-23-10(9-31-18)2-3-14(26)27/h8-9,11H,2-7H2,1H3,(H,26,27)(H,23,24,28). The lowest BCUT2D eigenvalue weighted by atomic mass is 10.1. The minimum atomic E-state index is -1.64. The Balaban J connectivity index is 1.53. The van der Waals surface area contributed by atoms with E-state index in [2.05, 4.69) is 10.3 Å². The number of amides is 2. The smallest absolute Gasteiger partial charge is 0.323 e. The first kappa shape index (κ1) is 22.7. The number of thiazole rings is 1. The van der Waals surface area contributed by atoms with E-state index in [0.717, 1.165) is 13.2 Å². The molecule has 12 heteroatoms. The molecular weight excluding hydrogens is 439 g/mol. The lowest BCUT2D eigenvalue weighted by Gasteiger charge is -2.32. The zero-order chi connectivity index (χ0) is 22.5. The quantitative estimate of drug-likeness (QED) is 0.613. The second kappa shape index (κ2) is 9.86. The first-order chi connectivity index (χ1) is 14.8. The molecule has 2 heterocycles. The molecule has 3 rings (SSSR count). The van der Waals surface area contributed by atoms with Crippen molar-refractivity contribution in [1.29, 1.82) is 0 Å². The highest BCUT2D eigenvalue weighted by Gasteiger charge is 2.27. The molecule has 1 aromatic carbocycles. The second-order valence-corrected chi connectivity index (χ2v) is 7.65. The molecule has 1 fully saturated rings. The van der Waals surface area contributed by atoms with Crippen molar-refractivity contribution in [3.05, 3.63) is 34.6 Å². The molecule has 1 saturated heterocycles. The number of nitrogens with zero attached hydrogens (tertiary/aromatic N) is 2. The van der Waals surface area contributed by atoms with Crippen LogP contribution >= 0.6 is 11.3 Å². The summed E-state index contributed by atoms with van der Waals surface area (Å²) in [5.41, 5.74) is 0.586. The summed E-state index contributed by atoms with van der Waals surface area (Å²) in [4.78, 5) is 28.8. The van der Waals surface area contributed by atoms with Crippen LogP contribution in [0.3, 0.4) is 0 Å². The van der Waals surface area contributed by atoms with Gasteiger partial charge >= 0.3 is 12.0 Å². The van der Waals surface area contributed by atoms with E-state index in [1.54, 1.807) is 10.3 Å². The number of benzene rings is 1. The van der Waals surface area contributed by atoms with E-state index >= 15 is 0 Å². The molecule has 0 bridgehead atoms. The van der Waals surface area contributed by atoms with Crippen LogP contribution in [-0.2, 0) is 11.2 Å². The topological polar surface area (TPSA) is 101 Å². The molecule has 0 spiro atoms. The molecule has 1 aromatic heterocycles. The number of methoxy groups -OCH3 is 1. The van der Waals surface area contributed by atoms with E-state index in [9.17, 15) is 22.8 Å². The van der Waals surface area contributed by atoms with Crippen molar-refractivity contribution in [1.82, 2.24) is 9.88 Å². The molecule has 8 nitrogen and oxygen atoms in total. The number of halogens is 3. The SMILES string of the molecule is COc1c(OC2CCN(C(=O)Nc3nc(CCC(=O)O)cs3)CC2)cc(F)c(F)c1F. The molecule has 0 atom stereocenters. The van der Waals surface area contributed by atoms with E-state index in [-0.39, 0.29) is 24.6 Å². The highest BCUT2D eigenvalue weighted by atomic mass is 32.1. The Kier molecular flexibility index (Phi) is 7.21. The summed E-state index contributed by atoms with van der Waals surface area (Å²) in [5, 5.41) is 13.4. The summed E-state index contributed by atoms with van der Waals surface area (Å²) in [6.07, 6.45) is 0.567. The van der Waals surface area contributed by atoms with Crippen molar-refractivity contribution in [2.45, 2.75) is 31.8 Å². The number of aromatic nitrogens is 1. The molecule has 2 N–H and O–H groups in total. The highest BCUT2D eigenvalue weighted by molar-refractivity contribution is 7.13. The fourth-order valence-electron chi connectivity index (χ4n) is 3.08. The minimum Gasteiger partial charge on any atom is -0.490 e. The summed E-state index contributed by atoms with van der Waals surface area (Å²) < 4.78 is 51.1. The molecule has 168 valence electrons. The van der Waals surface area contributed by atoms with Crippen LogP contribution < -0.4 is 14.8 Å². The van der Waals surface area contributed by atoms with E-state index in [1.165, 1.54) is 11.3 Å². The number of carboxylic acids is 1. The number of likely N-dealkylation sites (tertiary alicyclic amines) is 1. The lowest BCUT2D eigenvalue weighted by Crippen LogP contribution is -2.43. The van der Waals surface area contributed by atoms with Gasteiger partial charge in [0.15, 0.2) is 28.3 Å². The molecule has 2 aromatic rings. The number of piperidine rings is 1. The number of hydrogen-bond acceptors (Lipinski definition) is 6. The molecular formula is C19H20F3N3O5S. The number of carboxylic acid groups (broad SMARTS) is 1. The molecule has 1 aliphatic heterocycles. The van der Waals surface area contributed by atoms with Gasteiger partial charge in [-0.05, 0) is 0 Å². The van der Waals surface area contributed by atoms with E-state index in [4.69, 9.17) is 14.6 Å². The van der Waals surface area contributed by atoms with Crippen LogP contribution in [0.1, 0.15) is 25.0 Å². The van der Waals surface area contributed by atoms with Gasteiger partial charge in [0.1, 0.15) is 6.10 Å². The molecule has 2 amide bonds. The summed E-state index contributed by atoms with van der Waals surface area (Å²) in [6.45, 7) is 0.643. The van der Waals surface area contributed by atoms with Crippen molar-refractivity contribution in [2.75, 3.05) is 25.5 Å². The van der Waals surface area contributed by atoms with E-state index < -0.39 is 35.3 Å². The number of carbonyl (C=O) groups excluding carboxylic acids is 1. The average Bonchev–Trinajstić information content (AvgIpc) is 3.18. The third-order valence-corrected chi connectivity index (χ3v) is 5.48. The normalized spacial score (nSPS) is 14.4. The van der Waals surface area contributed by atoms with Crippen LogP contribution in [0.4, 0.5) is 23.1 Å². The lowest BCUT2D eigenvalue weighted by molar-refractivity contribution is -0.136. The van der Waals surface area contributed by atoms with Gasteiger partial charge in [-0.2, -0.15) is 4.39 Å². The number of aliphatic carboxylic acids is 1. The summed E-state index contributed by atoms with van der Waals surface area (Å²) in [7, 11) is 1.13. The number of aryl methyl sites for hydroxylation is 1. The average molecular weight is 459 g/mol. The monoisotopic (exact) mass is 459 g/mol. The maximum absolute atomic E-state index is 13.8. The number of anilines is 1. The molecule has 0 unspecified atom stereocenters. The second-order valence-electron chi connectivity index (χ2n) is 6.79. The summed E-state index contributed by atoms with van der Waals surface area (Å²) >= 11 is 1.20. The predicted octanol–water partition coefficient (Wildman–Crippen LogP) is 3.66. The maximum atomic E-state index is 13.8. The Labute approximate surface area is 179 Å². The first-order valence-corrected chi connectivity index (χ1v) is 10.3. The van der Waals surface area contributed by atoms with Crippen molar-refractivity contribution < 1.29 is 37.3 Å². The van der Waals surface area contributed by atoms with Crippen LogP contribution in [0.25, 0.3) is 0 Å². The van der Waals surface area contributed by atoms with Crippen LogP contribution in [-0.4, -0.2) is 53.3 Å². The fourth-order valence-corrected chi connectivity index (χ4v) is 3.81. The van der Waals surface area contributed by atoms with Crippen molar-refractivity contribution in [3.63, 3.8) is 0 Å². The largest absolute Gasteiger partial charge is 0.490 e. The number of nitrogens with one attached hydrogen (secondary N) is 1. The Hall–Kier alpha value is -3.02. The summed E-state index contributed by atoms with van der Waals surface area (Å²) in [6, 6.07) is 0.370. The Bertz CT molecular complexity index is 964. The van der Waals surface area contributed by atoms with Gasteiger partial charge in [-0.15, -0.1) is 11.3 Å². The van der Waals surface area contributed by atoms with Crippen LogP contribution in [0.15, 0.2) is 11.4 Å². The number of hydrogen-bond donors (Lipinski definition) is 2. The molecule has 0 saturated carbocycles. The fraction of sp³-hybridized carbons (Fsp3) is 0.421. The highest BCUT2D eigenvalue weighted by Crippen LogP contribution is 2.35. The zero-order valence-corrected chi connectivity index (χ0v) is 17.3. The number of carbonyl (C=O) groups is 2. The van der Waals surface area contributed by atoms with Gasteiger partial charge < -0.3 is 19.5 Å². The molecule has 1 aliphatic rings. The Morgan fingerprint density at radius 2 is 2.00 bits per heavy atom. The Morgan fingerprint density at radius 1 is 1.29 bits per heavy atom. The van der Waals surface area contributed by atoms with Gasteiger partial charge in [-0.3, -0.25) is 10.1 Å². The van der Waals surface area contributed by atoms with Gasteiger partial charge in [0.25, 0.3) is 0 Å². The molecule has 0 radical (unpaired) electrons. The Morgan fingerprint density at radius 3 is 2.65 bits per heavy atom. The maximum Gasteiger partial charge on any atom is 0.323 e. The number of ether oxygens (including phenoxy) is 2. The van der Waals surface area contributed by atoms with Crippen LogP contribution in [0, 0.1) is 17.5 Å². The predicted molar refractivity (Wildman–Crippen MR) is 105 cm³/mol. The first-order valence-electron chi connectivity index (χ1n) is 9.38. The van der Waals surface area contributed by atoms with Gasteiger partial charge in [0.05, 0.1) is 19.2 Å². The summed E-state index contributed by atoms with van der Waals surface area (Å²) in [5.74, 6) is -6.15. The van der Waals surface area contributed by atoms with Gasteiger partial charge in [-0.1, -0.05) is 0 Å². The van der Waals surface area contributed by atoms with E-state index in [1.807, 2.05) is 0 Å². The van der Waals surface area contributed by atoms with Crippen molar-refractivity contribution in [3.8, 4) is 11.5 Å². The zero-order valence-electron chi connectivity index (χ0n) is 16.5. The van der Waals surface area contributed by atoms with Crippen molar-refractivity contribution in [2.24, 2.45) is 0 Å². The molecule has 0 aliphatic carbocycles. The van der Waals surface area contributed by atoms with Gasteiger partial charge in [-0.25, -0.2) is 18.6 Å². The third-order valence-electron chi connectivity index (χ3n) is 4.67. The van der Waals surface area contributed by atoms with Crippen molar-refractivity contribution >= 4 is 28.5 Å². The third kappa shape index (κ3) is 5.57. The number of rotatable bonds is 7. The van der Waals surface area contributed by atoms with Gasteiger partial charge in [0.2, 0.25) is 5.82 Å². The number of urea groups is 1. The van der Waals surface area contributed by atoms with Crippen LogP contribution in [0.2, 0.25) is 0 Å². The van der Waals surface area contributed by atoms with Crippen LogP contribution in [0.5, 0.6) is 11.5 Å². The molecule has 31 heavy (non-hydrogen) atoms. The minimum absolute atomic E-state index is 0.0444.